The van der Waals surface area contributed by atoms with Gasteiger partial charge >= 0.3 is 0 Å². The summed E-state index contributed by atoms with van der Waals surface area (Å²) in [6, 6.07) is 4.38. The molecule has 0 aromatic heterocycles. The number of nitrogens with zero attached hydrogens (tertiary/aromatic N) is 2. The molecule has 0 bridgehead atoms. The highest BCUT2D eigenvalue weighted by atomic mass is 16.6. The first kappa shape index (κ1) is 14.4. The summed E-state index contributed by atoms with van der Waals surface area (Å²) in [5.41, 5.74) is 0.845. The van der Waals surface area contributed by atoms with Crippen LogP contribution in [0.3, 0.4) is 0 Å². The Hall–Kier alpha value is -1.66. The van der Waals surface area contributed by atoms with Crippen LogP contribution >= 0.6 is 0 Å². The largest absolute Gasteiger partial charge is 0.394 e. The smallest absolute Gasteiger partial charge is 0.292 e. The molecule has 0 radical (unpaired) electrons. The van der Waals surface area contributed by atoms with Gasteiger partial charge < -0.3 is 15.1 Å². The van der Waals surface area contributed by atoms with Crippen LogP contribution in [0, 0.1) is 10.1 Å². The highest BCUT2D eigenvalue weighted by Gasteiger charge is 2.21. The summed E-state index contributed by atoms with van der Waals surface area (Å²) in [7, 11) is 1.69. The van der Waals surface area contributed by atoms with Crippen molar-refractivity contribution in [1.82, 2.24) is 0 Å². The Kier molecular flexibility index (Phi) is 4.63. The summed E-state index contributed by atoms with van der Waals surface area (Å²) in [5, 5.41) is 29.6. The molecule has 1 aromatic carbocycles. The lowest BCUT2D eigenvalue weighted by atomic mass is 10.1. The van der Waals surface area contributed by atoms with Crippen molar-refractivity contribution in [3.05, 3.63) is 33.9 Å². The number of hydrogen-bond donors (Lipinski definition) is 2. The van der Waals surface area contributed by atoms with Crippen molar-refractivity contribution in [3.63, 3.8) is 0 Å². The molecule has 2 N–H and O–H groups in total. The lowest BCUT2D eigenvalue weighted by molar-refractivity contribution is -0.384. The van der Waals surface area contributed by atoms with Gasteiger partial charge in [-0.15, -0.1) is 0 Å². The predicted octanol–water partition coefficient (Wildman–Crippen LogP) is 1.47. The number of hydrogen-bond acceptors (Lipinski definition) is 5. The summed E-state index contributed by atoms with van der Waals surface area (Å²) >= 11 is 0. The maximum absolute atomic E-state index is 11.0. The summed E-state index contributed by atoms with van der Waals surface area (Å²) in [6.07, 6.45) is -0.752. The highest BCUT2D eigenvalue weighted by Crippen LogP contribution is 2.31. The van der Waals surface area contributed by atoms with E-state index in [-0.39, 0.29) is 18.3 Å². The van der Waals surface area contributed by atoms with E-state index in [2.05, 4.69) is 0 Å². The molecular formula is C12H18N2O4. The number of anilines is 1. The third-order valence-electron chi connectivity index (χ3n) is 2.98. The van der Waals surface area contributed by atoms with E-state index in [1.165, 1.54) is 6.07 Å². The molecule has 0 fully saturated rings. The van der Waals surface area contributed by atoms with Gasteiger partial charge in [0.05, 0.1) is 17.6 Å². The van der Waals surface area contributed by atoms with Gasteiger partial charge in [0.1, 0.15) is 5.69 Å². The quantitative estimate of drug-likeness (QED) is 0.613. The summed E-state index contributed by atoms with van der Waals surface area (Å²) in [5.74, 6) is 0. The number of rotatable bonds is 5. The first-order valence-electron chi connectivity index (χ1n) is 5.68. The van der Waals surface area contributed by atoms with Crippen LogP contribution in [0.25, 0.3) is 0 Å². The number of aliphatic hydroxyl groups is 2. The fourth-order valence-electron chi connectivity index (χ4n) is 1.60. The van der Waals surface area contributed by atoms with Crippen molar-refractivity contribution in [2.24, 2.45) is 0 Å². The first-order valence-corrected chi connectivity index (χ1v) is 5.68. The Balaban J connectivity index is 3.23. The van der Waals surface area contributed by atoms with Crippen molar-refractivity contribution in [2.45, 2.75) is 26.0 Å². The van der Waals surface area contributed by atoms with Gasteiger partial charge in [0.25, 0.3) is 5.69 Å². The van der Waals surface area contributed by atoms with E-state index >= 15 is 0 Å². The van der Waals surface area contributed by atoms with Gasteiger partial charge in [0.2, 0.25) is 0 Å². The van der Waals surface area contributed by atoms with E-state index in [1.54, 1.807) is 37.9 Å². The SMILES string of the molecule is CC(O)c1ccc(N(C)C(C)CO)c([N+](=O)[O-])c1. The van der Waals surface area contributed by atoms with Crippen LogP contribution in [0.1, 0.15) is 25.5 Å². The van der Waals surface area contributed by atoms with Gasteiger partial charge in [-0.25, -0.2) is 0 Å². The molecule has 0 aliphatic heterocycles. The number of nitro benzene ring substituents is 1. The lowest BCUT2D eigenvalue weighted by Gasteiger charge is -2.25. The summed E-state index contributed by atoms with van der Waals surface area (Å²) in [4.78, 5) is 12.2. The minimum Gasteiger partial charge on any atom is -0.394 e. The van der Waals surface area contributed by atoms with Gasteiger partial charge in [-0.05, 0) is 25.5 Å². The van der Waals surface area contributed by atoms with Crippen molar-refractivity contribution in [1.29, 1.82) is 0 Å². The molecule has 0 heterocycles. The van der Waals surface area contributed by atoms with Gasteiger partial charge in [-0.1, -0.05) is 6.07 Å². The maximum Gasteiger partial charge on any atom is 0.292 e. The van der Waals surface area contributed by atoms with Gasteiger partial charge in [-0.2, -0.15) is 0 Å². The third kappa shape index (κ3) is 2.96. The average molecular weight is 254 g/mol. The number of benzene rings is 1. The minimum atomic E-state index is -0.752. The van der Waals surface area contributed by atoms with Crippen LogP contribution in [0.4, 0.5) is 11.4 Å². The van der Waals surface area contributed by atoms with E-state index in [1.807, 2.05) is 0 Å². The van der Waals surface area contributed by atoms with Crippen LogP contribution in [-0.2, 0) is 0 Å². The topological polar surface area (TPSA) is 86.8 Å². The molecule has 2 unspecified atom stereocenters. The van der Waals surface area contributed by atoms with Gasteiger partial charge in [0.15, 0.2) is 0 Å². The van der Waals surface area contributed by atoms with Gasteiger partial charge in [-0.3, -0.25) is 10.1 Å². The number of aliphatic hydroxyl groups excluding tert-OH is 2. The van der Waals surface area contributed by atoms with Crippen molar-refractivity contribution in [3.8, 4) is 0 Å². The van der Waals surface area contributed by atoms with E-state index in [9.17, 15) is 15.2 Å². The summed E-state index contributed by atoms with van der Waals surface area (Å²) in [6.45, 7) is 3.23. The highest BCUT2D eigenvalue weighted by molar-refractivity contribution is 5.64. The summed E-state index contributed by atoms with van der Waals surface area (Å²) < 4.78 is 0. The molecular weight excluding hydrogens is 236 g/mol. The molecule has 0 aliphatic carbocycles. The Bertz CT molecular complexity index is 434. The normalized spacial score (nSPS) is 14.1. The van der Waals surface area contributed by atoms with E-state index < -0.39 is 11.0 Å². The Labute approximate surface area is 106 Å². The molecule has 0 saturated heterocycles. The molecule has 1 rings (SSSR count). The van der Waals surface area contributed by atoms with Crippen LogP contribution in [0.5, 0.6) is 0 Å². The van der Waals surface area contributed by atoms with E-state index in [0.717, 1.165) is 0 Å². The molecule has 100 valence electrons. The Morgan fingerprint density at radius 2 is 2.06 bits per heavy atom. The zero-order valence-corrected chi connectivity index (χ0v) is 10.7. The third-order valence-corrected chi connectivity index (χ3v) is 2.98. The van der Waals surface area contributed by atoms with Gasteiger partial charge in [0, 0.05) is 19.2 Å². The molecule has 2 atom stereocenters. The minimum absolute atomic E-state index is 0.0730. The first-order chi connectivity index (χ1) is 8.38. The fraction of sp³-hybridized carbons (Fsp3) is 0.500. The number of likely N-dealkylation sites (N-methyl/N-ethyl adjacent to an activating group) is 1. The molecule has 0 aliphatic rings. The van der Waals surface area contributed by atoms with E-state index in [4.69, 9.17) is 5.11 Å². The van der Waals surface area contributed by atoms with Crippen LogP contribution < -0.4 is 4.90 Å². The second kappa shape index (κ2) is 5.79. The predicted molar refractivity (Wildman–Crippen MR) is 68.7 cm³/mol. The number of nitro groups is 1. The average Bonchev–Trinajstić information content (AvgIpc) is 2.35. The molecule has 0 saturated carbocycles. The Morgan fingerprint density at radius 1 is 1.44 bits per heavy atom. The maximum atomic E-state index is 11.0. The lowest BCUT2D eigenvalue weighted by Crippen LogP contribution is -2.32. The second-order valence-corrected chi connectivity index (χ2v) is 4.32. The van der Waals surface area contributed by atoms with Crippen LogP contribution in [-0.4, -0.2) is 34.8 Å². The molecule has 6 heteroatoms. The zero-order valence-electron chi connectivity index (χ0n) is 10.7. The standard InChI is InChI=1S/C12H18N2O4/c1-8(7-15)13(3)11-5-4-10(9(2)16)6-12(11)14(17)18/h4-6,8-9,15-16H,7H2,1-3H3. The molecule has 0 spiro atoms. The molecule has 1 aromatic rings. The van der Waals surface area contributed by atoms with Crippen molar-refractivity contribution in [2.75, 3.05) is 18.6 Å². The molecule has 0 amide bonds. The van der Waals surface area contributed by atoms with Crippen molar-refractivity contribution >= 4 is 11.4 Å². The fourth-order valence-corrected chi connectivity index (χ4v) is 1.60. The Morgan fingerprint density at radius 3 is 2.50 bits per heavy atom. The monoisotopic (exact) mass is 254 g/mol. The molecule has 18 heavy (non-hydrogen) atoms. The second-order valence-electron chi connectivity index (χ2n) is 4.32. The van der Waals surface area contributed by atoms with Crippen LogP contribution in [0.2, 0.25) is 0 Å². The van der Waals surface area contributed by atoms with E-state index in [0.29, 0.717) is 11.3 Å². The molecule has 6 nitrogen and oxygen atoms in total. The van der Waals surface area contributed by atoms with Crippen LogP contribution in [0.15, 0.2) is 18.2 Å². The zero-order chi connectivity index (χ0) is 13.9. The van der Waals surface area contributed by atoms with Crippen molar-refractivity contribution < 1.29 is 15.1 Å².